The summed E-state index contributed by atoms with van der Waals surface area (Å²) in [4.78, 5) is 21.9. The van der Waals surface area contributed by atoms with Gasteiger partial charge < -0.3 is 9.64 Å². The van der Waals surface area contributed by atoms with E-state index in [1.807, 2.05) is 0 Å². The Morgan fingerprint density at radius 3 is 2.11 bits per heavy atom. The first kappa shape index (κ1) is 15.6. The van der Waals surface area contributed by atoms with Gasteiger partial charge in [0.15, 0.2) is 0 Å². The summed E-state index contributed by atoms with van der Waals surface area (Å²) in [6.45, 7) is -0.963. The van der Waals surface area contributed by atoms with Gasteiger partial charge in [-0.15, -0.1) is 0 Å². The third kappa shape index (κ3) is 3.29. The minimum absolute atomic E-state index is 0.373. The van der Waals surface area contributed by atoms with E-state index in [9.17, 15) is 35.9 Å². The normalized spacial score (nSPS) is 21.2. The van der Waals surface area contributed by atoms with E-state index < -0.39 is 49.2 Å². The number of ether oxygens (including phenoxy) is 1. The SMILES string of the molecule is COC(=O)C1CC(=O)N(C(C(F)(F)F)C(F)(F)F)C1. The number of hydrogen-bond acceptors (Lipinski definition) is 3. The van der Waals surface area contributed by atoms with Crippen LogP contribution in [0.25, 0.3) is 0 Å². The molecule has 0 spiro atoms. The van der Waals surface area contributed by atoms with E-state index in [-0.39, 0.29) is 4.90 Å². The van der Waals surface area contributed by atoms with E-state index in [2.05, 4.69) is 4.74 Å². The number of carbonyl (C=O) groups is 2. The first-order valence-electron chi connectivity index (χ1n) is 4.99. The van der Waals surface area contributed by atoms with Gasteiger partial charge in [0, 0.05) is 13.0 Å². The molecule has 0 aromatic rings. The maximum Gasteiger partial charge on any atom is 0.417 e. The summed E-state index contributed by atoms with van der Waals surface area (Å²) >= 11 is 0. The van der Waals surface area contributed by atoms with Crippen LogP contribution in [0.4, 0.5) is 26.3 Å². The highest BCUT2D eigenvalue weighted by atomic mass is 19.4. The highest BCUT2D eigenvalue weighted by Gasteiger charge is 2.62. The van der Waals surface area contributed by atoms with Crippen LogP contribution in [0.1, 0.15) is 6.42 Å². The quantitative estimate of drug-likeness (QED) is 0.572. The third-order valence-electron chi connectivity index (χ3n) is 2.62. The van der Waals surface area contributed by atoms with Gasteiger partial charge in [0.25, 0.3) is 0 Å². The Morgan fingerprint density at radius 1 is 1.26 bits per heavy atom. The van der Waals surface area contributed by atoms with Crippen LogP contribution in [0.3, 0.4) is 0 Å². The highest BCUT2D eigenvalue weighted by Crippen LogP contribution is 2.39. The molecule has 0 N–H and O–H groups in total. The standard InChI is InChI=1S/C9H9F6NO3/c1-19-6(18)4-2-5(17)16(3-4)7(8(10,11)12)9(13,14)15/h4,7H,2-3H2,1H3. The first-order chi connectivity index (χ1) is 8.48. The molecule has 1 unspecified atom stereocenters. The van der Waals surface area contributed by atoms with E-state index in [4.69, 9.17) is 0 Å². The number of halogens is 6. The lowest BCUT2D eigenvalue weighted by molar-refractivity contribution is -0.282. The maximum absolute atomic E-state index is 12.4. The number of likely N-dealkylation sites (tertiary alicyclic amines) is 1. The molecule has 19 heavy (non-hydrogen) atoms. The molecular formula is C9H9F6NO3. The second-order valence-corrected chi connectivity index (χ2v) is 3.96. The summed E-state index contributed by atoms with van der Waals surface area (Å²) in [6.07, 6.45) is -12.0. The van der Waals surface area contributed by atoms with Crippen molar-refractivity contribution in [1.82, 2.24) is 4.90 Å². The van der Waals surface area contributed by atoms with Crippen molar-refractivity contribution in [2.75, 3.05) is 13.7 Å². The summed E-state index contributed by atoms with van der Waals surface area (Å²) < 4.78 is 78.7. The van der Waals surface area contributed by atoms with Crippen molar-refractivity contribution in [3.8, 4) is 0 Å². The average Bonchev–Trinajstić information content (AvgIpc) is 2.55. The molecule has 1 saturated heterocycles. The van der Waals surface area contributed by atoms with E-state index in [0.717, 1.165) is 7.11 Å². The van der Waals surface area contributed by atoms with Crippen molar-refractivity contribution in [3.63, 3.8) is 0 Å². The number of rotatable bonds is 2. The molecule has 0 saturated carbocycles. The smallest absolute Gasteiger partial charge is 0.417 e. The second kappa shape index (κ2) is 4.89. The summed E-state index contributed by atoms with van der Waals surface area (Å²) in [5.74, 6) is -3.71. The molecule has 1 atom stereocenters. The van der Waals surface area contributed by atoms with Gasteiger partial charge in [0.05, 0.1) is 13.0 Å². The highest BCUT2D eigenvalue weighted by molar-refractivity contribution is 5.87. The van der Waals surface area contributed by atoms with Gasteiger partial charge in [0.1, 0.15) is 0 Å². The summed E-state index contributed by atoms with van der Waals surface area (Å²) in [5, 5.41) is 0. The first-order valence-corrected chi connectivity index (χ1v) is 4.99. The predicted octanol–water partition coefficient (Wildman–Crippen LogP) is 1.50. The van der Waals surface area contributed by atoms with Crippen LogP contribution in [0.5, 0.6) is 0 Å². The fourth-order valence-corrected chi connectivity index (χ4v) is 1.84. The average molecular weight is 293 g/mol. The molecule has 0 radical (unpaired) electrons. The van der Waals surface area contributed by atoms with Gasteiger partial charge in [-0.05, 0) is 0 Å². The topological polar surface area (TPSA) is 46.6 Å². The van der Waals surface area contributed by atoms with Gasteiger partial charge in [-0.25, -0.2) is 0 Å². The minimum atomic E-state index is -5.65. The van der Waals surface area contributed by atoms with Crippen molar-refractivity contribution in [3.05, 3.63) is 0 Å². The molecular weight excluding hydrogens is 284 g/mol. The lowest BCUT2D eigenvalue weighted by Crippen LogP contribution is -2.55. The Morgan fingerprint density at radius 2 is 1.74 bits per heavy atom. The molecule has 0 aromatic heterocycles. The molecule has 4 nitrogen and oxygen atoms in total. The molecule has 1 aliphatic heterocycles. The van der Waals surface area contributed by atoms with Gasteiger partial charge in [-0.3, -0.25) is 9.59 Å². The Kier molecular flexibility index (Phi) is 4.01. The molecule has 0 bridgehead atoms. The fourth-order valence-electron chi connectivity index (χ4n) is 1.84. The second-order valence-electron chi connectivity index (χ2n) is 3.96. The molecule has 1 aliphatic rings. The van der Waals surface area contributed by atoms with Crippen LogP contribution in [0.15, 0.2) is 0 Å². The van der Waals surface area contributed by atoms with Crippen LogP contribution in [0, 0.1) is 5.92 Å². The summed E-state index contributed by atoms with van der Waals surface area (Å²) in [6, 6.07) is -3.90. The number of esters is 1. The molecule has 1 fully saturated rings. The van der Waals surface area contributed by atoms with E-state index in [1.54, 1.807) is 0 Å². The number of alkyl halides is 6. The van der Waals surface area contributed by atoms with Crippen LogP contribution in [-0.2, 0) is 14.3 Å². The fraction of sp³-hybridized carbons (Fsp3) is 0.778. The number of methoxy groups -OCH3 is 1. The zero-order valence-corrected chi connectivity index (χ0v) is 9.51. The third-order valence-corrected chi connectivity index (χ3v) is 2.62. The van der Waals surface area contributed by atoms with Gasteiger partial charge in [0.2, 0.25) is 11.9 Å². The molecule has 0 aromatic carbocycles. The number of hydrogen-bond donors (Lipinski definition) is 0. The van der Waals surface area contributed by atoms with Crippen LogP contribution in [0.2, 0.25) is 0 Å². The number of amides is 1. The zero-order valence-electron chi connectivity index (χ0n) is 9.51. The summed E-state index contributed by atoms with van der Waals surface area (Å²) in [5.41, 5.74) is 0. The van der Waals surface area contributed by atoms with Crippen LogP contribution in [-0.4, -0.2) is 48.8 Å². The van der Waals surface area contributed by atoms with E-state index in [0.29, 0.717) is 0 Å². The summed E-state index contributed by atoms with van der Waals surface area (Å²) in [7, 11) is 0.931. The number of carbonyl (C=O) groups excluding carboxylic acids is 2. The van der Waals surface area contributed by atoms with Crippen LogP contribution < -0.4 is 0 Å². The van der Waals surface area contributed by atoms with Gasteiger partial charge in [-0.2, -0.15) is 26.3 Å². The van der Waals surface area contributed by atoms with Crippen molar-refractivity contribution in [2.24, 2.45) is 5.92 Å². The molecule has 110 valence electrons. The van der Waals surface area contributed by atoms with Gasteiger partial charge >= 0.3 is 18.3 Å². The molecule has 0 aliphatic carbocycles. The molecule has 10 heteroatoms. The molecule has 1 amide bonds. The van der Waals surface area contributed by atoms with Crippen LogP contribution >= 0.6 is 0 Å². The zero-order chi connectivity index (χ0) is 15.0. The van der Waals surface area contributed by atoms with Crippen molar-refractivity contribution in [2.45, 2.75) is 24.8 Å². The Hall–Kier alpha value is -1.48. The Balaban J connectivity index is 3.00. The minimum Gasteiger partial charge on any atom is -0.469 e. The Labute approximate surface area is 103 Å². The molecule has 1 heterocycles. The van der Waals surface area contributed by atoms with E-state index >= 15 is 0 Å². The number of nitrogens with zero attached hydrogens (tertiary/aromatic N) is 1. The van der Waals surface area contributed by atoms with Crippen molar-refractivity contribution >= 4 is 11.9 Å². The van der Waals surface area contributed by atoms with E-state index in [1.165, 1.54) is 0 Å². The largest absolute Gasteiger partial charge is 0.469 e. The van der Waals surface area contributed by atoms with Gasteiger partial charge in [-0.1, -0.05) is 0 Å². The lowest BCUT2D eigenvalue weighted by atomic mass is 10.1. The lowest BCUT2D eigenvalue weighted by Gasteiger charge is -2.31. The van der Waals surface area contributed by atoms with Crippen molar-refractivity contribution in [1.29, 1.82) is 0 Å². The molecule has 1 rings (SSSR count). The maximum atomic E-state index is 12.4. The van der Waals surface area contributed by atoms with Crippen molar-refractivity contribution < 1.29 is 40.7 Å². The monoisotopic (exact) mass is 293 g/mol. The predicted molar refractivity (Wildman–Crippen MR) is 47.7 cm³/mol. The Bertz CT molecular complexity index is 363.